The fraction of sp³-hybridized carbons (Fsp3) is 0.154. The third kappa shape index (κ3) is 2.47. The van der Waals surface area contributed by atoms with Crippen molar-refractivity contribution < 1.29 is 4.79 Å². The summed E-state index contributed by atoms with van der Waals surface area (Å²) in [5, 5.41) is 1.23. The lowest BCUT2D eigenvalue weighted by atomic mass is 10.1. The number of thioether (sulfide) groups is 1. The Balaban J connectivity index is 2.20. The first-order valence-corrected chi connectivity index (χ1v) is 5.94. The van der Waals surface area contributed by atoms with Gasteiger partial charge in [-0.3, -0.25) is 4.79 Å². The van der Waals surface area contributed by atoms with E-state index in [2.05, 4.69) is 16.8 Å². The summed E-state index contributed by atoms with van der Waals surface area (Å²) >= 11 is 1.24. The zero-order valence-electron chi connectivity index (χ0n) is 8.91. The van der Waals surface area contributed by atoms with Gasteiger partial charge in [0.25, 0.3) is 0 Å². The molecule has 1 aromatic carbocycles. The van der Waals surface area contributed by atoms with Crippen LogP contribution >= 0.6 is 11.8 Å². The maximum Gasteiger partial charge on any atom is 0.186 e. The number of carbonyl (C=O) groups is 1. The molecule has 2 nitrogen and oxygen atoms in total. The topological polar surface area (TPSA) is 32.9 Å². The number of rotatable bonds is 1. The van der Waals surface area contributed by atoms with E-state index < -0.39 is 0 Å². The van der Waals surface area contributed by atoms with E-state index in [0.717, 1.165) is 16.5 Å². The van der Waals surface area contributed by atoms with Crippen LogP contribution in [0, 0.1) is 11.8 Å². The molecule has 0 amide bonds. The van der Waals surface area contributed by atoms with Crippen molar-refractivity contribution in [2.45, 2.75) is 6.92 Å². The molecule has 0 aliphatic carbocycles. The van der Waals surface area contributed by atoms with Gasteiger partial charge in [0.05, 0.1) is 5.75 Å². The fourth-order valence-corrected chi connectivity index (χ4v) is 1.81. The number of hydrogen-bond donors (Lipinski definition) is 1. The van der Waals surface area contributed by atoms with Crippen molar-refractivity contribution in [2.24, 2.45) is 0 Å². The summed E-state index contributed by atoms with van der Waals surface area (Å²) < 4.78 is 0. The number of hydrogen-bond acceptors (Lipinski definition) is 2. The van der Waals surface area contributed by atoms with Crippen LogP contribution < -0.4 is 0 Å². The Hall–Kier alpha value is -1.66. The molecule has 0 saturated heterocycles. The van der Waals surface area contributed by atoms with Gasteiger partial charge in [-0.15, -0.1) is 0 Å². The van der Waals surface area contributed by atoms with Gasteiger partial charge < -0.3 is 4.98 Å². The molecule has 0 bridgehead atoms. The van der Waals surface area contributed by atoms with Crippen molar-refractivity contribution >= 4 is 27.8 Å². The van der Waals surface area contributed by atoms with Crippen molar-refractivity contribution in [1.82, 2.24) is 4.98 Å². The van der Waals surface area contributed by atoms with E-state index in [1.165, 1.54) is 11.8 Å². The molecular weight excluding hydrogens is 218 g/mol. The second-order valence-corrected chi connectivity index (χ2v) is 4.48. The van der Waals surface area contributed by atoms with Gasteiger partial charge >= 0.3 is 0 Å². The third-order valence-corrected chi connectivity index (χ3v) is 2.86. The maximum absolute atomic E-state index is 10.7. The molecule has 1 N–H and O–H groups in total. The van der Waals surface area contributed by atoms with Crippen LogP contribution in [-0.2, 0) is 4.79 Å². The minimum atomic E-state index is 0.106. The van der Waals surface area contributed by atoms with Gasteiger partial charge in [-0.05, 0) is 18.2 Å². The van der Waals surface area contributed by atoms with Crippen LogP contribution in [0.4, 0.5) is 0 Å². The van der Waals surface area contributed by atoms with Crippen LogP contribution in [0.3, 0.4) is 0 Å². The minimum absolute atomic E-state index is 0.106. The van der Waals surface area contributed by atoms with Crippen LogP contribution in [0.1, 0.15) is 12.5 Å². The van der Waals surface area contributed by atoms with Gasteiger partial charge in [0.2, 0.25) is 0 Å². The van der Waals surface area contributed by atoms with Gasteiger partial charge in [-0.25, -0.2) is 0 Å². The molecule has 0 atom stereocenters. The lowest BCUT2D eigenvalue weighted by Gasteiger charge is -1.93. The van der Waals surface area contributed by atoms with E-state index in [4.69, 9.17) is 0 Å². The van der Waals surface area contributed by atoms with E-state index in [1.54, 1.807) is 6.92 Å². The number of nitrogens with one attached hydrogen (secondary N) is 1. The van der Waals surface area contributed by atoms with E-state index in [0.29, 0.717) is 5.75 Å². The third-order valence-electron chi connectivity index (χ3n) is 2.17. The van der Waals surface area contributed by atoms with E-state index in [-0.39, 0.29) is 5.12 Å². The summed E-state index contributed by atoms with van der Waals surface area (Å²) in [6, 6.07) is 7.99. The van der Waals surface area contributed by atoms with Crippen molar-refractivity contribution in [3.05, 3.63) is 36.0 Å². The molecule has 0 saturated carbocycles. The second-order valence-electron chi connectivity index (χ2n) is 3.33. The van der Waals surface area contributed by atoms with Gasteiger partial charge in [0.1, 0.15) is 0 Å². The molecule has 0 aliphatic heterocycles. The van der Waals surface area contributed by atoms with Gasteiger partial charge in [0.15, 0.2) is 5.12 Å². The Morgan fingerprint density at radius 1 is 1.44 bits per heavy atom. The first-order valence-electron chi connectivity index (χ1n) is 4.96. The number of carbonyl (C=O) groups excluding carboxylic acids is 1. The van der Waals surface area contributed by atoms with Crippen molar-refractivity contribution in [2.75, 3.05) is 5.75 Å². The summed E-state index contributed by atoms with van der Waals surface area (Å²) in [5.41, 5.74) is 2.09. The zero-order valence-corrected chi connectivity index (χ0v) is 9.73. The molecule has 1 heterocycles. The predicted molar refractivity (Wildman–Crippen MR) is 68.3 cm³/mol. The molecule has 0 aliphatic rings. The summed E-state index contributed by atoms with van der Waals surface area (Å²) in [6.45, 7) is 1.55. The fourth-order valence-electron chi connectivity index (χ4n) is 1.46. The molecule has 80 valence electrons. The standard InChI is InChI=1S/C13H11NOS/c1-10(15)16-9-3-5-11-4-2-6-13-12(11)7-8-14-13/h2,4,6-8,14H,9H2,1H3. The van der Waals surface area contributed by atoms with Crippen LogP contribution in [0.25, 0.3) is 10.9 Å². The zero-order chi connectivity index (χ0) is 11.4. The van der Waals surface area contributed by atoms with Crippen molar-refractivity contribution in [3.8, 4) is 11.8 Å². The molecule has 16 heavy (non-hydrogen) atoms. The number of H-pyrrole nitrogens is 1. The van der Waals surface area contributed by atoms with Gasteiger partial charge in [0, 0.05) is 29.6 Å². The van der Waals surface area contributed by atoms with Crippen LogP contribution in [0.2, 0.25) is 0 Å². The second kappa shape index (κ2) is 4.91. The first-order chi connectivity index (χ1) is 7.77. The lowest BCUT2D eigenvalue weighted by Crippen LogP contribution is -1.82. The summed E-state index contributed by atoms with van der Waals surface area (Å²) in [5.74, 6) is 6.63. The Morgan fingerprint density at radius 3 is 3.12 bits per heavy atom. The number of benzene rings is 1. The number of aromatic amines is 1. The van der Waals surface area contributed by atoms with E-state index in [1.807, 2.05) is 30.5 Å². The molecule has 3 heteroatoms. The lowest BCUT2D eigenvalue weighted by molar-refractivity contribution is -0.109. The van der Waals surface area contributed by atoms with E-state index >= 15 is 0 Å². The highest BCUT2D eigenvalue weighted by Gasteiger charge is 1.97. The normalized spacial score (nSPS) is 9.81. The van der Waals surface area contributed by atoms with Crippen molar-refractivity contribution in [1.29, 1.82) is 0 Å². The SMILES string of the molecule is CC(=O)SCC#Cc1cccc2[nH]ccc12. The first kappa shape index (κ1) is 10.8. The van der Waals surface area contributed by atoms with E-state index in [9.17, 15) is 4.79 Å². The summed E-state index contributed by atoms with van der Waals surface area (Å²) in [6.07, 6.45) is 1.90. The Labute approximate surface area is 98.4 Å². The molecule has 0 fully saturated rings. The smallest absolute Gasteiger partial charge is 0.186 e. The molecule has 2 rings (SSSR count). The molecular formula is C13H11NOS. The van der Waals surface area contributed by atoms with Crippen LogP contribution in [0.15, 0.2) is 30.5 Å². The quantitative estimate of drug-likeness (QED) is 0.763. The molecule has 0 radical (unpaired) electrons. The Kier molecular flexibility index (Phi) is 3.33. The van der Waals surface area contributed by atoms with Crippen molar-refractivity contribution in [3.63, 3.8) is 0 Å². The van der Waals surface area contributed by atoms with Crippen LogP contribution in [0.5, 0.6) is 0 Å². The highest BCUT2D eigenvalue weighted by molar-refractivity contribution is 8.13. The largest absolute Gasteiger partial charge is 0.361 e. The average molecular weight is 229 g/mol. The highest BCUT2D eigenvalue weighted by Crippen LogP contribution is 2.16. The van der Waals surface area contributed by atoms with Gasteiger partial charge in [-0.1, -0.05) is 29.7 Å². The minimum Gasteiger partial charge on any atom is -0.361 e. The number of aromatic nitrogens is 1. The van der Waals surface area contributed by atoms with Gasteiger partial charge in [-0.2, -0.15) is 0 Å². The Bertz CT molecular complexity index is 574. The molecule has 0 unspecified atom stereocenters. The van der Waals surface area contributed by atoms with Crippen LogP contribution in [-0.4, -0.2) is 15.9 Å². The summed E-state index contributed by atoms with van der Waals surface area (Å²) in [7, 11) is 0. The monoisotopic (exact) mass is 229 g/mol. The average Bonchev–Trinajstić information content (AvgIpc) is 2.72. The molecule has 1 aromatic heterocycles. The summed E-state index contributed by atoms with van der Waals surface area (Å²) in [4.78, 5) is 13.9. The number of fused-ring (bicyclic) bond motifs is 1. The molecule has 0 spiro atoms. The maximum atomic E-state index is 10.7. The Morgan fingerprint density at radius 2 is 2.31 bits per heavy atom. The predicted octanol–water partition coefficient (Wildman–Crippen LogP) is 2.80. The molecule has 2 aromatic rings. The highest BCUT2D eigenvalue weighted by atomic mass is 32.2.